The van der Waals surface area contributed by atoms with Crippen LogP contribution in [0.2, 0.25) is 5.02 Å². The first-order valence-electron chi connectivity index (χ1n) is 5.01. The molecule has 2 aromatic heterocycles. The highest BCUT2D eigenvalue weighted by Gasteiger charge is 2.10. The zero-order valence-corrected chi connectivity index (χ0v) is 9.43. The van der Waals surface area contributed by atoms with Crippen molar-refractivity contribution in [3.63, 3.8) is 0 Å². The maximum absolute atomic E-state index is 6.10. The molecule has 2 rings (SSSR count). The minimum Gasteiger partial charge on any atom is -0.324 e. The number of hydrogen-bond donors (Lipinski definition) is 1. The molecular formula is C12H12ClN3. The Morgan fingerprint density at radius 1 is 1.12 bits per heavy atom. The monoisotopic (exact) mass is 233 g/mol. The van der Waals surface area contributed by atoms with Gasteiger partial charge in [-0.15, -0.1) is 0 Å². The minimum atomic E-state index is -0.113. The van der Waals surface area contributed by atoms with Crippen molar-refractivity contribution in [3.8, 4) is 0 Å². The van der Waals surface area contributed by atoms with Crippen LogP contribution in [0, 0.1) is 0 Å². The Hall–Kier alpha value is -1.45. The topological polar surface area (TPSA) is 51.8 Å². The van der Waals surface area contributed by atoms with E-state index in [-0.39, 0.29) is 6.04 Å². The molecule has 1 unspecified atom stereocenters. The van der Waals surface area contributed by atoms with E-state index < -0.39 is 0 Å². The summed E-state index contributed by atoms with van der Waals surface area (Å²) in [6.45, 7) is 0. The molecular weight excluding hydrogens is 222 g/mol. The van der Waals surface area contributed by atoms with Gasteiger partial charge in [-0.25, -0.2) is 0 Å². The third kappa shape index (κ3) is 2.56. The zero-order chi connectivity index (χ0) is 11.4. The molecule has 0 amide bonds. The van der Waals surface area contributed by atoms with Crippen LogP contribution < -0.4 is 5.73 Å². The highest BCUT2D eigenvalue weighted by atomic mass is 35.5. The van der Waals surface area contributed by atoms with Crippen LogP contribution in [-0.2, 0) is 6.42 Å². The molecule has 0 aliphatic heterocycles. The maximum atomic E-state index is 6.10. The molecule has 2 N–H and O–H groups in total. The normalized spacial score (nSPS) is 12.4. The Morgan fingerprint density at radius 2 is 1.81 bits per heavy atom. The van der Waals surface area contributed by atoms with E-state index in [2.05, 4.69) is 9.97 Å². The van der Waals surface area contributed by atoms with Crippen LogP contribution in [0.3, 0.4) is 0 Å². The second-order valence-electron chi connectivity index (χ2n) is 3.56. The van der Waals surface area contributed by atoms with Gasteiger partial charge < -0.3 is 5.73 Å². The van der Waals surface area contributed by atoms with Gasteiger partial charge in [-0.1, -0.05) is 11.6 Å². The minimum absolute atomic E-state index is 0.113. The number of halogens is 1. The summed E-state index contributed by atoms with van der Waals surface area (Å²) in [5, 5.41) is 0.615. The average molecular weight is 234 g/mol. The van der Waals surface area contributed by atoms with Crippen LogP contribution in [0.4, 0.5) is 0 Å². The van der Waals surface area contributed by atoms with Crippen LogP contribution in [-0.4, -0.2) is 9.97 Å². The standard InChI is InChI=1S/C12H12ClN3/c13-11-8-16-6-3-10(11)12(14)7-9-1-4-15-5-2-9/h1-6,8,12H,7,14H2. The highest BCUT2D eigenvalue weighted by molar-refractivity contribution is 6.31. The summed E-state index contributed by atoms with van der Waals surface area (Å²) < 4.78 is 0. The Balaban J connectivity index is 2.15. The SMILES string of the molecule is NC(Cc1ccncc1)c1ccncc1Cl. The van der Waals surface area contributed by atoms with Gasteiger partial charge in [-0.2, -0.15) is 0 Å². The van der Waals surface area contributed by atoms with Crippen molar-refractivity contribution in [1.82, 2.24) is 9.97 Å². The van der Waals surface area contributed by atoms with Crippen molar-refractivity contribution >= 4 is 11.6 Å². The summed E-state index contributed by atoms with van der Waals surface area (Å²) in [6, 6.07) is 5.65. The first-order chi connectivity index (χ1) is 7.77. The summed E-state index contributed by atoms with van der Waals surface area (Å²) in [6.07, 6.45) is 7.58. The van der Waals surface area contributed by atoms with Gasteiger partial charge in [0, 0.05) is 30.8 Å². The lowest BCUT2D eigenvalue weighted by molar-refractivity contribution is 0.720. The second kappa shape index (κ2) is 5.05. The van der Waals surface area contributed by atoms with E-state index in [0.29, 0.717) is 5.02 Å². The Kier molecular flexibility index (Phi) is 3.49. The molecule has 0 aromatic carbocycles. The lowest BCUT2D eigenvalue weighted by Crippen LogP contribution is -2.13. The van der Waals surface area contributed by atoms with Gasteiger partial charge in [0.15, 0.2) is 0 Å². The summed E-state index contributed by atoms with van der Waals surface area (Å²) >= 11 is 6.03. The van der Waals surface area contributed by atoms with Crippen molar-refractivity contribution in [2.45, 2.75) is 12.5 Å². The van der Waals surface area contributed by atoms with Gasteiger partial charge in [0.25, 0.3) is 0 Å². The molecule has 1 atom stereocenters. The predicted octanol–water partition coefficient (Wildman–Crippen LogP) is 2.37. The van der Waals surface area contributed by atoms with E-state index >= 15 is 0 Å². The molecule has 3 nitrogen and oxygen atoms in total. The van der Waals surface area contributed by atoms with Crippen LogP contribution in [0.5, 0.6) is 0 Å². The molecule has 0 saturated carbocycles. The van der Waals surface area contributed by atoms with E-state index in [9.17, 15) is 0 Å². The fraction of sp³-hybridized carbons (Fsp3) is 0.167. The summed E-state index contributed by atoms with van der Waals surface area (Å²) in [7, 11) is 0. The van der Waals surface area contributed by atoms with E-state index in [1.54, 1.807) is 24.8 Å². The number of nitrogens with two attached hydrogens (primary N) is 1. The van der Waals surface area contributed by atoms with Gasteiger partial charge >= 0.3 is 0 Å². The third-order valence-corrected chi connectivity index (χ3v) is 2.72. The molecule has 0 radical (unpaired) electrons. The lowest BCUT2D eigenvalue weighted by atomic mass is 10.0. The first-order valence-corrected chi connectivity index (χ1v) is 5.39. The molecule has 0 aliphatic rings. The molecule has 0 bridgehead atoms. The fourth-order valence-electron chi connectivity index (χ4n) is 1.57. The highest BCUT2D eigenvalue weighted by Crippen LogP contribution is 2.22. The van der Waals surface area contributed by atoms with E-state index in [4.69, 9.17) is 17.3 Å². The number of nitrogens with zero attached hydrogens (tertiary/aromatic N) is 2. The van der Waals surface area contributed by atoms with Crippen molar-refractivity contribution in [2.24, 2.45) is 5.73 Å². The van der Waals surface area contributed by atoms with Crippen LogP contribution in [0.25, 0.3) is 0 Å². The molecule has 4 heteroatoms. The molecule has 2 heterocycles. The zero-order valence-electron chi connectivity index (χ0n) is 8.68. The number of rotatable bonds is 3. The van der Waals surface area contributed by atoms with Crippen molar-refractivity contribution in [1.29, 1.82) is 0 Å². The van der Waals surface area contributed by atoms with Gasteiger partial charge in [0.2, 0.25) is 0 Å². The van der Waals surface area contributed by atoms with E-state index in [0.717, 1.165) is 17.5 Å². The quantitative estimate of drug-likeness (QED) is 0.886. The van der Waals surface area contributed by atoms with Gasteiger partial charge in [-0.05, 0) is 35.7 Å². The van der Waals surface area contributed by atoms with Gasteiger partial charge in [0.05, 0.1) is 5.02 Å². The van der Waals surface area contributed by atoms with Crippen molar-refractivity contribution < 1.29 is 0 Å². The Labute approximate surface area is 99.3 Å². The largest absolute Gasteiger partial charge is 0.324 e. The van der Waals surface area contributed by atoms with E-state index in [1.165, 1.54) is 0 Å². The summed E-state index contributed by atoms with van der Waals surface area (Å²) in [5.74, 6) is 0. The smallest absolute Gasteiger partial charge is 0.0637 e. The Morgan fingerprint density at radius 3 is 2.50 bits per heavy atom. The molecule has 16 heavy (non-hydrogen) atoms. The van der Waals surface area contributed by atoms with Crippen LogP contribution in [0.15, 0.2) is 43.0 Å². The third-order valence-electron chi connectivity index (χ3n) is 2.41. The lowest BCUT2D eigenvalue weighted by Gasteiger charge is -2.13. The fourth-order valence-corrected chi connectivity index (χ4v) is 1.83. The molecule has 82 valence electrons. The second-order valence-corrected chi connectivity index (χ2v) is 3.97. The van der Waals surface area contributed by atoms with Gasteiger partial charge in [-0.3, -0.25) is 9.97 Å². The van der Waals surface area contributed by atoms with Crippen molar-refractivity contribution in [2.75, 3.05) is 0 Å². The number of pyridine rings is 2. The van der Waals surface area contributed by atoms with Crippen molar-refractivity contribution in [3.05, 3.63) is 59.1 Å². The number of aromatic nitrogens is 2. The molecule has 0 spiro atoms. The first kappa shape index (κ1) is 11.0. The molecule has 0 saturated heterocycles. The van der Waals surface area contributed by atoms with Crippen LogP contribution in [0.1, 0.15) is 17.2 Å². The predicted molar refractivity (Wildman–Crippen MR) is 64.1 cm³/mol. The maximum Gasteiger partial charge on any atom is 0.0637 e. The van der Waals surface area contributed by atoms with E-state index in [1.807, 2.05) is 18.2 Å². The molecule has 0 aliphatic carbocycles. The van der Waals surface area contributed by atoms with Crippen LogP contribution >= 0.6 is 11.6 Å². The summed E-state index contributed by atoms with van der Waals surface area (Å²) in [5.41, 5.74) is 8.17. The Bertz CT molecular complexity index is 459. The summed E-state index contributed by atoms with van der Waals surface area (Å²) in [4.78, 5) is 7.90. The number of hydrogen-bond acceptors (Lipinski definition) is 3. The molecule has 0 fully saturated rings. The van der Waals surface area contributed by atoms with Gasteiger partial charge in [0.1, 0.15) is 0 Å². The molecule has 2 aromatic rings. The average Bonchev–Trinajstić information content (AvgIpc) is 2.31.